The van der Waals surface area contributed by atoms with Crippen molar-refractivity contribution < 1.29 is 4.92 Å². The van der Waals surface area contributed by atoms with Crippen molar-refractivity contribution in [2.75, 3.05) is 16.3 Å². The zero-order valence-electron chi connectivity index (χ0n) is 17.1. The fourth-order valence-electron chi connectivity index (χ4n) is 6.58. The number of hydrogen-bond donors (Lipinski definition) is 1. The number of non-ortho nitro benzene ring substituents is 1. The van der Waals surface area contributed by atoms with E-state index >= 15 is 0 Å². The first-order valence-corrected chi connectivity index (χ1v) is 11.5. The predicted molar refractivity (Wildman–Crippen MR) is 119 cm³/mol. The van der Waals surface area contributed by atoms with Crippen LogP contribution in [0, 0.1) is 16.0 Å². The van der Waals surface area contributed by atoms with Crippen LogP contribution < -0.4 is 15.1 Å². The number of nitro benzene ring substituents is 1. The summed E-state index contributed by atoms with van der Waals surface area (Å²) in [5, 5.41) is 15.5. The molecule has 31 heavy (non-hydrogen) atoms. The third-order valence-electron chi connectivity index (χ3n) is 7.73. The van der Waals surface area contributed by atoms with Crippen LogP contribution >= 0.6 is 11.6 Å². The lowest BCUT2D eigenvalue weighted by atomic mass is 9.81. The van der Waals surface area contributed by atoms with Crippen molar-refractivity contribution in [1.29, 1.82) is 0 Å². The summed E-state index contributed by atoms with van der Waals surface area (Å²) in [6, 6.07) is 10.9. The largest absolute Gasteiger partial charge is 0.367 e. The van der Waals surface area contributed by atoms with Gasteiger partial charge in [-0.3, -0.25) is 10.1 Å². The van der Waals surface area contributed by atoms with Crippen molar-refractivity contribution in [3.05, 3.63) is 51.9 Å². The number of piperidine rings is 1. The highest BCUT2D eigenvalue weighted by Gasteiger charge is 2.58. The van der Waals surface area contributed by atoms with Gasteiger partial charge in [0.25, 0.3) is 5.69 Å². The van der Waals surface area contributed by atoms with E-state index in [2.05, 4.69) is 25.1 Å². The average Bonchev–Trinajstić information content (AvgIpc) is 3.37. The molecule has 6 unspecified atom stereocenters. The van der Waals surface area contributed by atoms with E-state index in [-0.39, 0.29) is 10.6 Å². The molecule has 2 aliphatic heterocycles. The van der Waals surface area contributed by atoms with E-state index in [4.69, 9.17) is 11.6 Å². The molecule has 6 rings (SSSR count). The van der Waals surface area contributed by atoms with Gasteiger partial charge < -0.3 is 15.1 Å². The second kappa shape index (κ2) is 7.31. The summed E-state index contributed by atoms with van der Waals surface area (Å²) in [4.78, 5) is 24.4. The first kappa shape index (κ1) is 19.3. The standard InChI is InChI=1S/C22H25ClN6O2/c23-19-10-20(25-12-24-19)28-17-4-2-1-3-16(17)26-21-18-9-13(22(21)28)11-27(18)14-5-7-15(8-6-14)29(30)31/h5-8,10,12-13,16-18,21-22,26H,1-4,9,11H2. The van der Waals surface area contributed by atoms with Crippen LogP contribution in [0.15, 0.2) is 36.7 Å². The molecule has 1 aromatic heterocycles. The van der Waals surface area contributed by atoms with Gasteiger partial charge in [-0.05, 0) is 31.4 Å². The molecule has 2 saturated carbocycles. The molecule has 2 aliphatic carbocycles. The monoisotopic (exact) mass is 440 g/mol. The first-order chi connectivity index (χ1) is 15.1. The highest BCUT2D eigenvalue weighted by atomic mass is 35.5. The van der Waals surface area contributed by atoms with Gasteiger partial charge >= 0.3 is 0 Å². The number of aromatic nitrogens is 2. The lowest BCUT2D eigenvalue weighted by Crippen LogP contribution is -2.73. The Bertz CT molecular complexity index is 1000. The molecule has 1 aromatic carbocycles. The highest BCUT2D eigenvalue weighted by Crippen LogP contribution is 2.48. The Morgan fingerprint density at radius 2 is 1.94 bits per heavy atom. The van der Waals surface area contributed by atoms with Gasteiger partial charge in [-0.1, -0.05) is 24.4 Å². The third-order valence-corrected chi connectivity index (χ3v) is 7.94. The second-order valence-electron chi connectivity index (χ2n) is 9.24. The zero-order chi connectivity index (χ0) is 21.1. The smallest absolute Gasteiger partial charge is 0.269 e. The van der Waals surface area contributed by atoms with Crippen LogP contribution in [0.4, 0.5) is 17.2 Å². The normalized spacial score (nSPS) is 33.8. The number of halogens is 1. The van der Waals surface area contributed by atoms with E-state index in [9.17, 15) is 10.1 Å². The van der Waals surface area contributed by atoms with Crippen molar-refractivity contribution in [3.63, 3.8) is 0 Å². The molecule has 2 saturated heterocycles. The molecule has 0 spiro atoms. The van der Waals surface area contributed by atoms with Gasteiger partial charge in [0.2, 0.25) is 0 Å². The Kier molecular flexibility index (Phi) is 4.54. The number of anilines is 2. The van der Waals surface area contributed by atoms with Gasteiger partial charge in [0.1, 0.15) is 17.3 Å². The molecular formula is C22H25ClN6O2. The Balaban J connectivity index is 1.33. The number of rotatable bonds is 3. The summed E-state index contributed by atoms with van der Waals surface area (Å²) >= 11 is 6.25. The average molecular weight is 441 g/mol. The summed E-state index contributed by atoms with van der Waals surface area (Å²) in [5.74, 6) is 1.46. The number of benzene rings is 1. The van der Waals surface area contributed by atoms with Crippen LogP contribution in [-0.2, 0) is 0 Å². The van der Waals surface area contributed by atoms with Crippen molar-refractivity contribution in [2.24, 2.45) is 5.92 Å². The SMILES string of the molecule is O=[N+]([O-])c1ccc(N2CC3CC2C2NC4CCCCC4N(c4cc(Cl)ncn4)C32)cc1. The third kappa shape index (κ3) is 3.07. The lowest BCUT2D eigenvalue weighted by molar-refractivity contribution is -0.384. The topological polar surface area (TPSA) is 87.4 Å². The quantitative estimate of drug-likeness (QED) is 0.444. The summed E-state index contributed by atoms with van der Waals surface area (Å²) in [6.07, 6.45) is 7.55. The van der Waals surface area contributed by atoms with E-state index < -0.39 is 0 Å². The summed E-state index contributed by atoms with van der Waals surface area (Å²) in [5.41, 5.74) is 1.21. The van der Waals surface area contributed by atoms with Crippen LogP contribution in [0.25, 0.3) is 0 Å². The molecule has 4 fully saturated rings. The number of nitrogens with zero attached hydrogens (tertiary/aromatic N) is 5. The molecule has 3 heterocycles. The number of fused-ring (bicyclic) bond motifs is 6. The Morgan fingerprint density at radius 1 is 1.13 bits per heavy atom. The minimum atomic E-state index is -0.341. The van der Waals surface area contributed by atoms with Gasteiger partial charge in [0.05, 0.1) is 11.0 Å². The van der Waals surface area contributed by atoms with Crippen molar-refractivity contribution in [2.45, 2.75) is 62.3 Å². The lowest BCUT2D eigenvalue weighted by Gasteiger charge is -2.56. The Hall–Kier alpha value is -2.45. The number of nitrogens with one attached hydrogen (secondary N) is 1. The molecule has 6 atom stereocenters. The Labute approximate surface area is 185 Å². The predicted octanol–water partition coefficient (Wildman–Crippen LogP) is 3.40. The number of nitro groups is 1. The molecule has 9 heteroatoms. The maximum absolute atomic E-state index is 11.0. The molecule has 0 radical (unpaired) electrons. The number of hydrogen-bond acceptors (Lipinski definition) is 7. The minimum Gasteiger partial charge on any atom is -0.367 e. The van der Waals surface area contributed by atoms with Crippen molar-refractivity contribution in [1.82, 2.24) is 15.3 Å². The molecule has 2 bridgehead atoms. The maximum atomic E-state index is 11.0. The van der Waals surface area contributed by atoms with Crippen molar-refractivity contribution in [3.8, 4) is 0 Å². The number of piperazine rings is 1. The van der Waals surface area contributed by atoms with Crippen LogP contribution in [-0.4, -0.2) is 51.6 Å². The van der Waals surface area contributed by atoms with Gasteiger partial charge in [0.15, 0.2) is 0 Å². The van der Waals surface area contributed by atoms with Gasteiger partial charge in [0, 0.05) is 60.5 Å². The molecule has 162 valence electrons. The minimum absolute atomic E-state index is 0.138. The molecular weight excluding hydrogens is 416 g/mol. The fourth-order valence-corrected chi connectivity index (χ4v) is 6.72. The van der Waals surface area contributed by atoms with Crippen LogP contribution in [0.3, 0.4) is 0 Å². The van der Waals surface area contributed by atoms with Gasteiger partial charge in [-0.25, -0.2) is 9.97 Å². The fraction of sp³-hybridized carbons (Fsp3) is 0.545. The molecule has 0 amide bonds. The molecule has 4 aliphatic rings. The van der Waals surface area contributed by atoms with Gasteiger partial charge in [-0.2, -0.15) is 0 Å². The van der Waals surface area contributed by atoms with Crippen LogP contribution in [0.1, 0.15) is 32.1 Å². The van der Waals surface area contributed by atoms with Crippen molar-refractivity contribution >= 4 is 28.8 Å². The second-order valence-corrected chi connectivity index (χ2v) is 9.62. The van der Waals surface area contributed by atoms with E-state index in [1.807, 2.05) is 18.2 Å². The van der Waals surface area contributed by atoms with Crippen LogP contribution in [0.5, 0.6) is 0 Å². The molecule has 2 aromatic rings. The van der Waals surface area contributed by atoms with Crippen LogP contribution in [0.2, 0.25) is 5.15 Å². The Morgan fingerprint density at radius 3 is 2.71 bits per heavy atom. The zero-order valence-corrected chi connectivity index (χ0v) is 17.9. The van der Waals surface area contributed by atoms with E-state index in [1.165, 1.54) is 25.7 Å². The van der Waals surface area contributed by atoms with E-state index in [0.29, 0.717) is 41.3 Å². The van der Waals surface area contributed by atoms with E-state index in [0.717, 1.165) is 24.5 Å². The van der Waals surface area contributed by atoms with Gasteiger partial charge in [-0.15, -0.1) is 0 Å². The first-order valence-electron chi connectivity index (χ1n) is 11.1. The summed E-state index contributed by atoms with van der Waals surface area (Å²) in [7, 11) is 0. The highest BCUT2D eigenvalue weighted by molar-refractivity contribution is 6.29. The summed E-state index contributed by atoms with van der Waals surface area (Å²) in [6.45, 7) is 0.956. The molecule has 1 N–H and O–H groups in total. The van der Waals surface area contributed by atoms with E-state index in [1.54, 1.807) is 18.5 Å². The summed E-state index contributed by atoms with van der Waals surface area (Å²) < 4.78 is 0. The molecule has 8 nitrogen and oxygen atoms in total. The maximum Gasteiger partial charge on any atom is 0.269 e.